The summed E-state index contributed by atoms with van der Waals surface area (Å²) in [5.41, 5.74) is 0. The molecule has 0 aliphatic carbocycles. The Morgan fingerprint density at radius 3 is 2.00 bits per heavy atom. The van der Waals surface area contributed by atoms with E-state index in [1.54, 1.807) is 14.2 Å². The van der Waals surface area contributed by atoms with Crippen molar-refractivity contribution >= 4 is 0 Å². The van der Waals surface area contributed by atoms with Crippen molar-refractivity contribution in [2.75, 3.05) is 27.4 Å². The molecule has 0 spiro atoms. The van der Waals surface area contributed by atoms with Crippen LogP contribution in [0.4, 0.5) is 0 Å². The van der Waals surface area contributed by atoms with Crippen molar-refractivity contribution < 1.29 is 9.47 Å². The summed E-state index contributed by atoms with van der Waals surface area (Å²) in [4.78, 5) is 0. The van der Waals surface area contributed by atoms with Gasteiger partial charge >= 0.3 is 0 Å². The minimum absolute atomic E-state index is 0.531. The molecule has 0 aromatic heterocycles. The average Bonchev–Trinajstić information content (AvgIpc) is 2.06. The lowest BCUT2D eigenvalue weighted by Crippen LogP contribution is -2.46. The van der Waals surface area contributed by atoms with E-state index in [1.807, 2.05) is 0 Å². The van der Waals surface area contributed by atoms with Crippen LogP contribution in [-0.4, -0.2) is 39.5 Å². The van der Waals surface area contributed by atoms with Crippen LogP contribution in [0.1, 0.15) is 19.3 Å². The van der Waals surface area contributed by atoms with Crippen LogP contribution in [-0.2, 0) is 9.47 Å². The van der Waals surface area contributed by atoms with Gasteiger partial charge in [0.05, 0.1) is 13.2 Å². The van der Waals surface area contributed by atoms with E-state index in [0.29, 0.717) is 12.1 Å². The average molecular weight is 173 g/mol. The molecule has 72 valence electrons. The first-order chi connectivity index (χ1) is 5.86. The molecule has 2 atom stereocenters. The molecule has 1 N–H and O–H groups in total. The van der Waals surface area contributed by atoms with E-state index in [9.17, 15) is 0 Å². The standard InChI is InChI=1S/C9H19NO2/c1-11-6-8-4-3-5-9(10-8)7-12-2/h8-10H,3-7H2,1-2H3/t8-,9-/m1/s1. The number of nitrogens with one attached hydrogen (secondary N) is 1. The molecule has 0 bridgehead atoms. The van der Waals surface area contributed by atoms with Crippen molar-refractivity contribution in [3.63, 3.8) is 0 Å². The maximum atomic E-state index is 5.10. The smallest absolute Gasteiger partial charge is 0.0615 e. The molecule has 12 heavy (non-hydrogen) atoms. The van der Waals surface area contributed by atoms with Gasteiger partial charge in [0.15, 0.2) is 0 Å². The molecule has 1 rings (SSSR count). The van der Waals surface area contributed by atoms with Crippen LogP contribution in [0.2, 0.25) is 0 Å². The van der Waals surface area contributed by atoms with Crippen molar-refractivity contribution in [3.8, 4) is 0 Å². The number of hydrogen-bond donors (Lipinski definition) is 1. The molecule has 1 fully saturated rings. The van der Waals surface area contributed by atoms with Crippen molar-refractivity contribution in [1.82, 2.24) is 5.32 Å². The lowest BCUT2D eigenvalue weighted by Gasteiger charge is -2.30. The number of piperidine rings is 1. The first-order valence-corrected chi connectivity index (χ1v) is 4.60. The zero-order chi connectivity index (χ0) is 8.81. The van der Waals surface area contributed by atoms with Gasteiger partial charge in [0, 0.05) is 26.3 Å². The summed E-state index contributed by atoms with van der Waals surface area (Å²) < 4.78 is 10.2. The Kier molecular flexibility index (Phi) is 4.58. The first kappa shape index (κ1) is 9.96. The number of hydrogen-bond acceptors (Lipinski definition) is 3. The van der Waals surface area contributed by atoms with E-state index in [-0.39, 0.29) is 0 Å². The van der Waals surface area contributed by atoms with Crippen molar-refractivity contribution in [2.45, 2.75) is 31.3 Å². The highest BCUT2D eigenvalue weighted by Gasteiger charge is 2.19. The molecule has 1 heterocycles. The molecule has 0 radical (unpaired) electrons. The summed E-state index contributed by atoms with van der Waals surface area (Å²) in [5.74, 6) is 0. The van der Waals surface area contributed by atoms with Crippen molar-refractivity contribution in [1.29, 1.82) is 0 Å². The van der Waals surface area contributed by atoms with Gasteiger partial charge in [-0.15, -0.1) is 0 Å². The monoisotopic (exact) mass is 173 g/mol. The van der Waals surface area contributed by atoms with Gasteiger partial charge < -0.3 is 14.8 Å². The Hall–Kier alpha value is -0.120. The van der Waals surface area contributed by atoms with E-state index in [0.717, 1.165) is 13.2 Å². The number of ether oxygens (including phenoxy) is 2. The maximum absolute atomic E-state index is 5.10. The van der Waals surface area contributed by atoms with Crippen molar-refractivity contribution in [2.24, 2.45) is 0 Å². The summed E-state index contributed by atoms with van der Waals surface area (Å²) >= 11 is 0. The molecule has 0 aromatic carbocycles. The van der Waals surface area contributed by atoms with Crippen LogP contribution in [0.15, 0.2) is 0 Å². The van der Waals surface area contributed by atoms with Gasteiger partial charge in [-0.05, 0) is 12.8 Å². The quantitative estimate of drug-likeness (QED) is 0.682. The van der Waals surface area contributed by atoms with E-state index < -0.39 is 0 Å². The Morgan fingerprint density at radius 1 is 1.08 bits per heavy atom. The third-order valence-corrected chi connectivity index (χ3v) is 2.31. The Bertz CT molecular complexity index is 103. The zero-order valence-corrected chi connectivity index (χ0v) is 8.01. The summed E-state index contributed by atoms with van der Waals surface area (Å²) in [6.45, 7) is 1.64. The lowest BCUT2D eigenvalue weighted by molar-refractivity contribution is 0.107. The number of methoxy groups -OCH3 is 2. The Labute approximate surface area is 74.4 Å². The fourth-order valence-electron chi connectivity index (χ4n) is 1.78. The second-order valence-corrected chi connectivity index (χ2v) is 3.40. The molecular formula is C9H19NO2. The van der Waals surface area contributed by atoms with Gasteiger partial charge in [0.2, 0.25) is 0 Å². The van der Waals surface area contributed by atoms with Gasteiger partial charge in [-0.25, -0.2) is 0 Å². The molecule has 1 aliphatic heterocycles. The third kappa shape index (κ3) is 3.09. The molecule has 1 aliphatic rings. The van der Waals surface area contributed by atoms with Gasteiger partial charge in [-0.2, -0.15) is 0 Å². The van der Waals surface area contributed by atoms with Crippen LogP contribution in [0, 0.1) is 0 Å². The van der Waals surface area contributed by atoms with Gasteiger partial charge in [0.25, 0.3) is 0 Å². The molecular weight excluding hydrogens is 154 g/mol. The lowest BCUT2D eigenvalue weighted by atomic mass is 9.99. The van der Waals surface area contributed by atoms with E-state index in [2.05, 4.69) is 5.32 Å². The van der Waals surface area contributed by atoms with Crippen LogP contribution in [0.3, 0.4) is 0 Å². The molecule has 0 aromatic rings. The topological polar surface area (TPSA) is 30.5 Å². The Balaban J connectivity index is 2.20. The fraction of sp³-hybridized carbons (Fsp3) is 1.00. The van der Waals surface area contributed by atoms with Crippen molar-refractivity contribution in [3.05, 3.63) is 0 Å². The summed E-state index contributed by atoms with van der Waals surface area (Å²) in [6.07, 6.45) is 3.75. The zero-order valence-electron chi connectivity index (χ0n) is 8.01. The molecule has 0 unspecified atom stereocenters. The van der Waals surface area contributed by atoms with Gasteiger partial charge in [-0.3, -0.25) is 0 Å². The van der Waals surface area contributed by atoms with Crippen LogP contribution < -0.4 is 5.32 Å². The molecule has 1 saturated heterocycles. The highest BCUT2D eigenvalue weighted by Crippen LogP contribution is 2.12. The predicted molar refractivity (Wildman–Crippen MR) is 48.3 cm³/mol. The summed E-state index contributed by atoms with van der Waals surface area (Å²) in [5, 5.41) is 3.51. The summed E-state index contributed by atoms with van der Waals surface area (Å²) in [6, 6.07) is 1.06. The second-order valence-electron chi connectivity index (χ2n) is 3.40. The minimum Gasteiger partial charge on any atom is -0.383 e. The second kappa shape index (κ2) is 5.51. The van der Waals surface area contributed by atoms with Crippen LogP contribution >= 0.6 is 0 Å². The SMILES string of the molecule is COC[C@H]1CCC[C@H](COC)N1. The molecule has 3 heteroatoms. The minimum atomic E-state index is 0.531. The number of rotatable bonds is 4. The molecule has 0 amide bonds. The highest BCUT2D eigenvalue weighted by atomic mass is 16.5. The van der Waals surface area contributed by atoms with Crippen LogP contribution in [0.25, 0.3) is 0 Å². The largest absolute Gasteiger partial charge is 0.383 e. The molecule has 0 saturated carbocycles. The van der Waals surface area contributed by atoms with Gasteiger partial charge in [0.1, 0.15) is 0 Å². The van der Waals surface area contributed by atoms with E-state index in [4.69, 9.17) is 9.47 Å². The highest BCUT2D eigenvalue weighted by molar-refractivity contribution is 4.79. The molecule has 3 nitrogen and oxygen atoms in total. The van der Waals surface area contributed by atoms with E-state index in [1.165, 1.54) is 19.3 Å². The maximum Gasteiger partial charge on any atom is 0.0615 e. The summed E-state index contributed by atoms with van der Waals surface area (Å²) in [7, 11) is 3.50. The van der Waals surface area contributed by atoms with Crippen LogP contribution in [0.5, 0.6) is 0 Å². The fourth-order valence-corrected chi connectivity index (χ4v) is 1.78. The predicted octanol–water partition coefficient (Wildman–Crippen LogP) is 0.790. The Morgan fingerprint density at radius 2 is 1.58 bits per heavy atom. The first-order valence-electron chi connectivity index (χ1n) is 4.60. The van der Waals surface area contributed by atoms with E-state index >= 15 is 0 Å². The van der Waals surface area contributed by atoms with Gasteiger partial charge in [-0.1, -0.05) is 6.42 Å². The third-order valence-electron chi connectivity index (χ3n) is 2.31. The normalized spacial score (nSPS) is 30.5.